The number of fused-ring (bicyclic) bond motifs is 1. The number of anilines is 1. The van der Waals surface area contributed by atoms with Crippen molar-refractivity contribution in [3.8, 4) is 5.75 Å². The number of ketones is 1. The second kappa shape index (κ2) is 9.37. The molecule has 0 saturated heterocycles. The lowest BCUT2D eigenvalue weighted by molar-refractivity contribution is -0.141. The van der Waals surface area contributed by atoms with Crippen molar-refractivity contribution >= 4 is 23.3 Å². The summed E-state index contributed by atoms with van der Waals surface area (Å²) in [6.07, 6.45) is 1.71. The second-order valence-corrected chi connectivity index (χ2v) is 6.83. The minimum atomic E-state index is -0.631. The van der Waals surface area contributed by atoms with Crippen LogP contribution >= 0.6 is 0 Å². The number of esters is 1. The Morgan fingerprint density at radius 2 is 1.90 bits per heavy atom. The van der Waals surface area contributed by atoms with Crippen molar-refractivity contribution in [3.05, 3.63) is 59.2 Å². The highest BCUT2D eigenvalue weighted by Crippen LogP contribution is 2.30. The summed E-state index contributed by atoms with van der Waals surface area (Å²) in [4.78, 5) is 38.8. The summed E-state index contributed by atoms with van der Waals surface area (Å²) in [6, 6.07) is 12.9. The Bertz CT molecular complexity index is 921. The molecule has 0 bridgehead atoms. The highest BCUT2D eigenvalue weighted by atomic mass is 16.5. The Hall–Kier alpha value is -3.15. The van der Waals surface area contributed by atoms with E-state index < -0.39 is 5.97 Å². The third-order valence-corrected chi connectivity index (χ3v) is 4.95. The van der Waals surface area contributed by atoms with E-state index in [9.17, 15) is 14.4 Å². The Morgan fingerprint density at radius 1 is 1.10 bits per heavy atom. The molecule has 0 spiro atoms. The normalized spacial score (nSPS) is 13.3. The fourth-order valence-electron chi connectivity index (χ4n) is 3.30. The molecule has 1 heterocycles. The van der Waals surface area contributed by atoms with Gasteiger partial charge in [0.05, 0.1) is 18.7 Å². The maximum absolute atomic E-state index is 12.6. The number of amides is 1. The Kier molecular flexibility index (Phi) is 6.65. The van der Waals surface area contributed by atoms with E-state index in [1.807, 2.05) is 32.0 Å². The van der Waals surface area contributed by atoms with Gasteiger partial charge in [0.1, 0.15) is 12.3 Å². The predicted octanol–water partition coefficient (Wildman–Crippen LogP) is 3.35. The Balaban J connectivity index is 1.67. The molecule has 0 unspecified atom stereocenters. The van der Waals surface area contributed by atoms with Crippen LogP contribution in [-0.2, 0) is 27.2 Å². The summed E-state index contributed by atoms with van der Waals surface area (Å²) in [5, 5.41) is 0. The van der Waals surface area contributed by atoms with Crippen LogP contribution in [-0.4, -0.2) is 37.4 Å². The lowest BCUT2D eigenvalue weighted by Crippen LogP contribution is -2.36. The number of carbonyl (C=O) groups excluding carboxylic acids is 3. The average molecular weight is 395 g/mol. The minimum Gasteiger partial charge on any atom is -0.491 e. The van der Waals surface area contributed by atoms with Crippen molar-refractivity contribution in [2.24, 2.45) is 0 Å². The molecule has 0 aromatic heterocycles. The van der Waals surface area contributed by atoms with Gasteiger partial charge in [-0.25, -0.2) is 0 Å². The fraction of sp³-hybridized carbons (Fsp3) is 0.348. The summed E-state index contributed by atoms with van der Waals surface area (Å²) in [5.74, 6) is -0.544. The van der Waals surface area contributed by atoms with E-state index in [0.717, 1.165) is 24.0 Å². The quantitative estimate of drug-likeness (QED) is 0.531. The first-order valence-electron chi connectivity index (χ1n) is 9.86. The third kappa shape index (κ3) is 4.83. The van der Waals surface area contributed by atoms with Crippen LogP contribution in [0, 0.1) is 0 Å². The highest BCUT2D eigenvalue weighted by molar-refractivity contribution is 6.01. The maximum Gasteiger partial charge on any atom is 0.326 e. The molecule has 0 radical (unpaired) electrons. The number of hydrogen-bond acceptors (Lipinski definition) is 5. The Morgan fingerprint density at radius 3 is 2.66 bits per heavy atom. The third-order valence-electron chi connectivity index (χ3n) is 4.95. The van der Waals surface area contributed by atoms with Gasteiger partial charge in [0.15, 0.2) is 6.61 Å². The smallest absolute Gasteiger partial charge is 0.326 e. The lowest BCUT2D eigenvalue weighted by atomic mass is 9.98. The van der Waals surface area contributed by atoms with E-state index in [0.29, 0.717) is 17.0 Å². The minimum absolute atomic E-state index is 0.171. The number of hydrogen-bond donors (Lipinski definition) is 0. The van der Waals surface area contributed by atoms with Crippen LogP contribution in [0.25, 0.3) is 0 Å². The van der Waals surface area contributed by atoms with Gasteiger partial charge in [0, 0.05) is 5.56 Å². The van der Waals surface area contributed by atoms with Crippen LogP contribution in [0.5, 0.6) is 5.75 Å². The van der Waals surface area contributed by atoms with Gasteiger partial charge in [-0.3, -0.25) is 19.3 Å². The van der Waals surface area contributed by atoms with Crippen LogP contribution in [0.2, 0.25) is 0 Å². The molecule has 1 aliphatic heterocycles. The Labute approximate surface area is 170 Å². The molecule has 0 aliphatic carbocycles. The topological polar surface area (TPSA) is 72.9 Å². The largest absolute Gasteiger partial charge is 0.491 e. The molecule has 6 heteroatoms. The molecule has 152 valence electrons. The van der Waals surface area contributed by atoms with Crippen molar-refractivity contribution < 1.29 is 23.9 Å². The number of ether oxygens (including phenoxy) is 2. The molecule has 0 fully saturated rings. The number of benzene rings is 2. The van der Waals surface area contributed by atoms with E-state index in [1.54, 1.807) is 24.3 Å². The first kappa shape index (κ1) is 20.6. The fourth-order valence-corrected chi connectivity index (χ4v) is 3.30. The first-order chi connectivity index (χ1) is 14.0. The highest BCUT2D eigenvalue weighted by Gasteiger charge is 2.26. The first-order valence-corrected chi connectivity index (χ1v) is 9.86. The number of rotatable bonds is 7. The molecular formula is C23H25NO5. The molecule has 2 aromatic rings. The van der Waals surface area contributed by atoms with Crippen LogP contribution in [0.15, 0.2) is 42.5 Å². The summed E-state index contributed by atoms with van der Waals surface area (Å²) < 4.78 is 10.8. The molecular weight excluding hydrogens is 370 g/mol. The monoisotopic (exact) mass is 395 g/mol. The van der Waals surface area contributed by atoms with Gasteiger partial charge >= 0.3 is 5.97 Å². The van der Waals surface area contributed by atoms with Crippen molar-refractivity contribution in [1.29, 1.82) is 0 Å². The van der Waals surface area contributed by atoms with E-state index in [4.69, 9.17) is 9.47 Å². The van der Waals surface area contributed by atoms with Crippen LogP contribution in [0.1, 0.15) is 41.8 Å². The van der Waals surface area contributed by atoms with Crippen molar-refractivity contribution in [2.75, 3.05) is 24.7 Å². The van der Waals surface area contributed by atoms with Crippen LogP contribution < -0.4 is 9.64 Å². The average Bonchev–Trinajstić information content (AvgIpc) is 2.90. The van der Waals surface area contributed by atoms with Crippen LogP contribution in [0.4, 0.5) is 5.69 Å². The number of Topliss-reactive ketones (excluding diaryl/α,β-unsaturated/α-hetero) is 1. The van der Waals surface area contributed by atoms with Gasteiger partial charge in [-0.1, -0.05) is 38.1 Å². The zero-order valence-corrected chi connectivity index (χ0v) is 16.8. The molecule has 1 aliphatic rings. The molecule has 3 rings (SSSR count). The number of aryl methyl sites for hydroxylation is 2. The standard InChI is InChI=1S/C23H25NO5/c1-3-16-9-10-17(4-2)18(13-16)20(25)15-29-23(27)14-24-19-7-5-6-8-21(19)28-12-11-22(24)26/h5-10,13H,3-4,11-12,14-15H2,1-2H3. The number of para-hydroxylation sites is 2. The SMILES string of the molecule is CCc1ccc(CC)c(C(=O)COC(=O)CN2C(=O)CCOc3ccccc32)c1. The van der Waals surface area contributed by atoms with Gasteiger partial charge in [-0.2, -0.15) is 0 Å². The van der Waals surface area contributed by atoms with E-state index >= 15 is 0 Å². The van der Waals surface area contributed by atoms with Gasteiger partial charge in [0.2, 0.25) is 11.7 Å². The maximum atomic E-state index is 12.6. The van der Waals surface area contributed by atoms with Crippen molar-refractivity contribution in [3.63, 3.8) is 0 Å². The van der Waals surface area contributed by atoms with Crippen molar-refractivity contribution in [2.45, 2.75) is 33.1 Å². The van der Waals surface area contributed by atoms with E-state index in [2.05, 4.69) is 0 Å². The molecule has 29 heavy (non-hydrogen) atoms. The predicted molar refractivity (Wildman–Crippen MR) is 109 cm³/mol. The van der Waals surface area contributed by atoms with Gasteiger partial charge < -0.3 is 9.47 Å². The summed E-state index contributed by atoms with van der Waals surface area (Å²) in [6.45, 7) is 3.65. The molecule has 0 saturated carbocycles. The zero-order valence-electron chi connectivity index (χ0n) is 16.8. The van der Waals surface area contributed by atoms with E-state index in [1.165, 1.54) is 4.90 Å². The molecule has 0 N–H and O–H groups in total. The van der Waals surface area contributed by atoms with Gasteiger partial charge in [0.25, 0.3) is 0 Å². The van der Waals surface area contributed by atoms with E-state index in [-0.39, 0.29) is 37.9 Å². The van der Waals surface area contributed by atoms with Crippen molar-refractivity contribution in [1.82, 2.24) is 0 Å². The summed E-state index contributed by atoms with van der Waals surface area (Å²) >= 11 is 0. The van der Waals surface area contributed by atoms with Gasteiger partial charge in [-0.15, -0.1) is 0 Å². The van der Waals surface area contributed by atoms with Gasteiger partial charge in [-0.05, 0) is 42.2 Å². The van der Waals surface area contributed by atoms with Crippen LogP contribution in [0.3, 0.4) is 0 Å². The number of carbonyl (C=O) groups is 3. The molecule has 0 atom stereocenters. The molecule has 6 nitrogen and oxygen atoms in total. The summed E-state index contributed by atoms with van der Waals surface area (Å²) in [5.41, 5.74) is 3.10. The molecule has 1 amide bonds. The lowest BCUT2D eigenvalue weighted by Gasteiger charge is -2.20. The molecule has 2 aromatic carbocycles. The number of nitrogens with zero attached hydrogens (tertiary/aromatic N) is 1. The second-order valence-electron chi connectivity index (χ2n) is 6.83. The summed E-state index contributed by atoms with van der Waals surface area (Å²) in [7, 11) is 0. The zero-order chi connectivity index (χ0) is 20.8.